The molecule has 1 aromatic rings. The molecule has 2 rings (SSSR count). The highest BCUT2D eigenvalue weighted by molar-refractivity contribution is 5.27. The Hall–Kier alpha value is -1.04. The minimum absolute atomic E-state index is 0.654. The second-order valence-electron chi connectivity index (χ2n) is 4.77. The molecule has 0 saturated carbocycles. The van der Waals surface area contributed by atoms with E-state index >= 15 is 0 Å². The van der Waals surface area contributed by atoms with E-state index in [1.807, 2.05) is 13.8 Å². The van der Waals surface area contributed by atoms with E-state index in [2.05, 4.69) is 57.2 Å². The first-order chi connectivity index (χ1) is 8.72. The molecule has 0 bridgehead atoms. The second kappa shape index (κ2) is 11.1. The molecule has 0 heterocycles. The fourth-order valence-electron chi connectivity index (χ4n) is 1.99. The van der Waals surface area contributed by atoms with Crippen LogP contribution in [0.1, 0.15) is 70.4 Å². The van der Waals surface area contributed by atoms with Crippen molar-refractivity contribution in [2.45, 2.75) is 66.2 Å². The summed E-state index contributed by atoms with van der Waals surface area (Å²) in [5, 5.41) is 0. The lowest BCUT2D eigenvalue weighted by atomic mass is 9.99. The Morgan fingerprint density at radius 2 is 1.39 bits per heavy atom. The van der Waals surface area contributed by atoms with Crippen molar-refractivity contribution >= 4 is 0 Å². The SMILES string of the molecule is C1=CCCCC1.CC.Cc1ccccc1C(C)C. The van der Waals surface area contributed by atoms with Crippen molar-refractivity contribution in [2.24, 2.45) is 0 Å². The lowest BCUT2D eigenvalue weighted by molar-refractivity contribution is 0.730. The first-order valence-electron chi connectivity index (χ1n) is 7.42. The molecule has 0 fully saturated rings. The van der Waals surface area contributed by atoms with Gasteiger partial charge < -0.3 is 0 Å². The third-order valence-corrected chi connectivity index (χ3v) is 2.97. The van der Waals surface area contributed by atoms with Crippen molar-refractivity contribution in [2.75, 3.05) is 0 Å². The van der Waals surface area contributed by atoms with Crippen LogP contribution in [0.25, 0.3) is 0 Å². The van der Waals surface area contributed by atoms with E-state index < -0.39 is 0 Å². The molecule has 0 radical (unpaired) electrons. The van der Waals surface area contributed by atoms with Crippen molar-refractivity contribution in [1.82, 2.24) is 0 Å². The van der Waals surface area contributed by atoms with Crippen LogP contribution in [0.5, 0.6) is 0 Å². The Morgan fingerprint density at radius 3 is 1.67 bits per heavy atom. The van der Waals surface area contributed by atoms with E-state index in [0.717, 1.165) is 0 Å². The molecule has 0 spiro atoms. The molecule has 1 aliphatic rings. The smallest absolute Gasteiger partial charge is 0.0216 e. The Balaban J connectivity index is 0.000000308. The maximum Gasteiger partial charge on any atom is -0.0216 e. The summed E-state index contributed by atoms with van der Waals surface area (Å²) in [6.45, 7) is 10.6. The van der Waals surface area contributed by atoms with Gasteiger partial charge in [0.15, 0.2) is 0 Å². The molecule has 0 heteroatoms. The summed E-state index contributed by atoms with van der Waals surface area (Å²) in [5.74, 6) is 0.654. The van der Waals surface area contributed by atoms with Crippen LogP contribution in [-0.2, 0) is 0 Å². The third-order valence-electron chi connectivity index (χ3n) is 2.97. The molecule has 18 heavy (non-hydrogen) atoms. The minimum atomic E-state index is 0.654. The zero-order valence-corrected chi connectivity index (χ0v) is 12.9. The van der Waals surface area contributed by atoms with Crippen LogP contribution in [0.2, 0.25) is 0 Å². The van der Waals surface area contributed by atoms with Crippen molar-refractivity contribution in [3.8, 4) is 0 Å². The van der Waals surface area contributed by atoms with Gasteiger partial charge in [-0.05, 0) is 49.7 Å². The van der Waals surface area contributed by atoms with E-state index in [9.17, 15) is 0 Å². The topological polar surface area (TPSA) is 0 Å². The summed E-state index contributed by atoms with van der Waals surface area (Å²) < 4.78 is 0. The number of aryl methyl sites for hydroxylation is 1. The number of hydrogen-bond donors (Lipinski definition) is 0. The Morgan fingerprint density at radius 1 is 0.889 bits per heavy atom. The number of allylic oxidation sites excluding steroid dienone is 2. The van der Waals surface area contributed by atoms with Crippen molar-refractivity contribution in [3.63, 3.8) is 0 Å². The summed E-state index contributed by atoms with van der Waals surface area (Å²) in [4.78, 5) is 0. The summed E-state index contributed by atoms with van der Waals surface area (Å²) >= 11 is 0. The van der Waals surface area contributed by atoms with Gasteiger partial charge in [-0.15, -0.1) is 0 Å². The lowest BCUT2D eigenvalue weighted by Crippen LogP contribution is -1.89. The van der Waals surface area contributed by atoms with Crippen LogP contribution >= 0.6 is 0 Å². The summed E-state index contributed by atoms with van der Waals surface area (Å²) in [5.41, 5.74) is 2.86. The zero-order chi connectivity index (χ0) is 13.8. The molecule has 0 N–H and O–H groups in total. The zero-order valence-electron chi connectivity index (χ0n) is 12.9. The second-order valence-corrected chi connectivity index (χ2v) is 4.77. The Kier molecular flexibility index (Phi) is 10.4. The van der Waals surface area contributed by atoms with E-state index in [-0.39, 0.29) is 0 Å². The van der Waals surface area contributed by atoms with Gasteiger partial charge in [-0.2, -0.15) is 0 Å². The molecule has 0 amide bonds. The molecule has 1 aliphatic carbocycles. The quantitative estimate of drug-likeness (QED) is 0.513. The first kappa shape index (κ1) is 17.0. The van der Waals surface area contributed by atoms with Crippen molar-refractivity contribution < 1.29 is 0 Å². The summed E-state index contributed by atoms with van der Waals surface area (Å²) in [7, 11) is 0. The third kappa shape index (κ3) is 7.32. The number of benzene rings is 1. The highest BCUT2D eigenvalue weighted by Crippen LogP contribution is 2.17. The van der Waals surface area contributed by atoms with Gasteiger partial charge in [0.2, 0.25) is 0 Å². The van der Waals surface area contributed by atoms with Gasteiger partial charge in [0, 0.05) is 0 Å². The summed E-state index contributed by atoms with van der Waals surface area (Å²) in [6, 6.07) is 8.54. The van der Waals surface area contributed by atoms with E-state index in [1.165, 1.54) is 36.8 Å². The molecule has 1 aromatic carbocycles. The molecule has 102 valence electrons. The average Bonchev–Trinajstić information content (AvgIpc) is 2.44. The summed E-state index contributed by atoms with van der Waals surface area (Å²) in [6.07, 6.45) is 10.0. The van der Waals surface area contributed by atoms with Gasteiger partial charge in [0.05, 0.1) is 0 Å². The standard InChI is InChI=1S/C10H14.C6H10.C2H6/c1-8(2)10-7-5-4-6-9(10)3;1-2-4-6-5-3-1;1-2/h4-8H,1-3H3;1-2H,3-6H2;1-2H3. The molecule has 0 saturated heterocycles. The van der Waals surface area contributed by atoms with Crippen LogP contribution in [0, 0.1) is 6.92 Å². The predicted octanol–water partition coefficient (Wildman–Crippen LogP) is 6.26. The monoisotopic (exact) mass is 246 g/mol. The molecular formula is C18H30. The fraction of sp³-hybridized carbons (Fsp3) is 0.556. The highest BCUT2D eigenvalue weighted by Gasteiger charge is 1.99. The van der Waals surface area contributed by atoms with Gasteiger partial charge in [0.25, 0.3) is 0 Å². The van der Waals surface area contributed by atoms with E-state index in [4.69, 9.17) is 0 Å². The van der Waals surface area contributed by atoms with Gasteiger partial charge in [-0.3, -0.25) is 0 Å². The van der Waals surface area contributed by atoms with Crippen LogP contribution in [0.3, 0.4) is 0 Å². The molecule has 0 atom stereocenters. The number of rotatable bonds is 1. The molecule has 0 aromatic heterocycles. The van der Waals surface area contributed by atoms with Crippen LogP contribution in [-0.4, -0.2) is 0 Å². The molecule has 0 unspecified atom stereocenters. The van der Waals surface area contributed by atoms with Crippen LogP contribution < -0.4 is 0 Å². The normalized spacial score (nSPS) is 13.2. The van der Waals surface area contributed by atoms with E-state index in [0.29, 0.717) is 5.92 Å². The van der Waals surface area contributed by atoms with Gasteiger partial charge in [0.1, 0.15) is 0 Å². The molecular weight excluding hydrogens is 216 g/mol. The maximum atomic E-state index is 2.27. The van der Waals surface area contributed by atoms with Crippen LogP contribution in [0.15, 0.2) is 36.4 Å². The van der Waals surface area contributed by atoms with Gasteiger partial charge in [-0.25, -0.2) is 0 Å². The van der Waals surface area contributed by atoms with E-state index in [1.54, 1.807) is 0 Å². The van der Waals surface area contributed by atoms with Crippen molar-refractivity contribution in [3.05, 3.63) is 47.5 Å². The fourth-order valence-corrected chi connectivity index (χ4v) is 1.99. The Labute approximate surface area is 114 Å². The lowest BCUT2D eigenvalue weighted by Gasteiger charge is -2.07. The maximum absolute atomic E-state index is 2.27. The van der Waals surface area contributed by atoms with Crippen molar-refractivity contribution in [1.29, 1.82) is 0 Å². The number of hydrogen-bond acceptors (Lipinski definition) is 0. The van der Waals surface area contributed by atoms with Gasteiger partial charge >= 0.3 is 0 Å². The molecule has 0 nitrogen and oxygen atoms in total. The Bertz CT molecular complexity index is 313. The minimum Gasteiger partial charge on any atom is -0.0885 e. The average molecular weight is 246 g/mol. The highest BCUT2D eigenvalue weighted by atomic mass is 14.0. The van der Waals surface area contributed by atoms with Crippen LogP contribution in [0.4, 0.5) is 0 Å². The largest absolute Gasteiger partial charge is 0.0885 e. The predicted molar refractivity (Wildman–Crippen MR) is 84.2 cm³/mol. The van der Waals surface area contributed by atoms with Gasteiger partial charge in [-0.1, -0.05) is 64.1 Å². The first-order valence-corrected chi connectivity index (χ1v) is 7.42. The molecule has 0 aliphatic heterocycles.